The van der Waals surface area contributed by atoms with Crippen LogP contribution in [0.4, 0.5) is 38.6 Å². The molecule has 0 fully saturated rings. The lowest BCUT2D eigenvalue weighted by molar-refractivity contribution is -0.118. The Balaban J connectivity index is 1.97. The number of benzene rings is 1. The van der Waals surface area contributed by atoms with Gasteiger partial charge in [-0.05, 0) is 25.1 Å². The molecule has 0 aliphatic rings. The fraction of sp³-hybridized carbons (Fsp3) is 0.200. The molecule has 9 nitrogen and oxygen atoms in total. The van der Waals surface area contributed by atoms with Gasteiger partial charge in [0, 0.05) is 29.6 Å². The number of nitrogen functional groups attached to an aromatic ring is 1. The largest absolute Gasteiger partial charge is 0.432 e. The topological polar surface area (TPSA) is 134 Å². The Kier molecular flexibility index (Phi) is 7.68. The van der Waals surface area contributed by atoms with E-state index in [1.54, 1.807) is 0 Å². The number of hydrogen-bond acceptors (Lipinski definition) is 9. The number of pyridine rings is 1. The number of anilines is 3. The lowest BCUT2D eigenvalue weighted by Gasteiger charge is -2.27. The van der Waals surface area contributed by atoms with Gasteiger partial charge in [-0.25, -0.2) is 14.4 Å². The number of halogens is 5. The molecule has 15 heteroatoms. The number of alkyl halides is 4. The average Bonchev–Trinajstić information content (AvgIpc) is 3.16. The van der Waals surface area contributed by atoms with E-state index in [1.165, 1.54) is 19.1 Å². The Hall–Kier alpha value is -4.01. The van der Waals surface area contributed by atoms with E-state index in [0.29, 0.717) is 0 Å². The van der Waals surface area contributed by atoms with Crippen molar-refractivity contribution in [2.45, 2.75) is 26.2 Å². The first-order valence-corrected chi connectivity index (χ1v) is 10.3. The molecule has 0 radical (unpaired) electrons. The molecule has 3 aromatic rings. The van der Waals surface area contributed by atoms with Gasteiger partial charge >= 0.3 is 13.2 Å². The van der Waals surface area contributed by atoms with Crippen LogP contribution in [0.2, 0.25) is 0 Å². The summed E-state index contributed by atoms with van der Waals surface area (Å²) in [5, 5.41) is -0.0373. The predicted molar refractivity (Wildman–Crippen MR) is 115 cm³/mol. The average molecular weight is 517 g/mol. The minimum Gasteiger partial charge on any atom is -0.432 e. The van der Waals surface area contributed by atoms with Gasteiger partial charge < -0.3 is 25.8 Å². The molecule has 1 amide bonds. The summed E-state index contributed by atoms with van der Waals surface area (Å²) in [5.41, 5.74) is 11.2. The first-order chi connectivity index (χ1) is 16.5. The number of aromatic nitrogens is 2. The molecule has 2 heterocycles. The predicted octanol–water partition coefficient (Wildman–Crippen LogP) is 3.71. The van der Waals surface area contributed by atoms with Crippen molar-refractivity contribution in [2.75, 3.05) is 10.6 Å². The summed E-state index contributed by atoms with van der Waals surface area (Å²) in [5.74, 6) is -4.04. The molecule has 186 valence electrons. The molecular weight excluding hydrogens is 501 g/mol. The van der Waals surface area contributed by atoms with Crippen molar-refractivity contribution in [3.05, 3.63) is 52.8 Å². The highest BCUT2D eigenvalue weighted by atomic mass is 32.1. The second kappa shape index (κ2) is 10.5. The second-order valence-corrected chi connectivity index (χ2v) is 7.72. The van der Waals surface area contributed by atoms with Gasteiger partial charge in [0.2, 0.25) is 17.6 Å². The Morgan fingerprint density at radius 2 is 1.77 bits per heavy atom. The normalized spacial score (nSPS) is 12.0. The van der Waals surface area contributed by atoms with Gasteiger partial charge in [0.15, 0.2) is 16.7 Å². The maximum Gasteiger partial charge on any atom is 0.388 e. The molecule has 1 aromatic carbocycles. The van der Waals surface area contributed by atoms with Crippen LogP contribution in [0.5, 0.6) is 11.6 Å². The van der Waals surface area contributed by atoms with Crippen LogP contribution in [0.1, 0.15) is 22.2 Å². The number of carbonyl (C=O) groups excluding carboxylic acids is 2. The van der Waals surface area contributed by atoms with E-state index in [9.17, 15) is 31.5 Å². The maximum absolute atomic E-state index is 14.3. The SMILES string of the molecule is CC(C(N)=O)N(c1ccc(OC(F)F)c(F)c1)c1nc(N)c(C(=O)c2ccc(OC(F)F)nc2)s1. The molecule has 3 rings (SSSR count). The summed E-state index contributed by atoms with van der Waals surface area (Å²) in [7, 11) is 0. The summed E-state index contributed by atoms with van der Waals surface area (Å²) in [6, 6.07) is 4.05. The van der Waals surface area contributed by atoms with Crippen molar-refractivity contribution in [1.82, 2.24) is 9.97 Å². The van der Waals surface area contributed by atoms with Crippen LogP contribution in [0, 0.1) is 5.82 Å². The second-order valence-electron chi connectivity index (χ2n) is 6.75. The van der Waals surface area contributed by atoms with E-state index in [-0.39, 0.29) is 27.1 Å². The quantitative estimate of drug-likeness (QED) is 0.307. The Labute approximate surface area is 198 Å². The summed E-state index contributed by atoms with van der Waals surface area (Å²) in [6.45, 7) is -4.98. The van der Waals surface area contributed by atoms with E-state index in [2.05, 4.69) is 19.4 Å². The van der Waals surface area contributed by atoms with Crippen molar-refractivity contribution in [3.63, 3.8) is 0 Å². The van der Waals surface area contributed by atoms with Gasteiger partial charge in [-0.2, -0.15) is 17.6 Å². The summed E-state index contributed by atoms with van der Waals surface area (Å²) in [6.07, 6.45) is 1.000. The Morgan fingerprint density at radius 3 is 2.31 bits per heavy atom. The summed E-state index contributed by atoms with van der Waals surface area (Å²) >= 11 is 0.726. The van der Waals surface area contributed by atoms with E-state index < -0.39 is 48.4 Å². The van der Waals surface area contributed by atoms with E-state index in [1.807, 2.05) is 0 Å². The van der Waals surface area contributed by atoms with E-state index >= 15 is 0 Å². The van der Waals surface area contributed by atoms with Gasteiger partial charge in [-0.1, -0.05) is 11.3 Å². The highest BCUT2D eigenvalue weighted by Gasteiger charge is 2.28. The first-order valence-electron chi connectivity index (χ1n) is 9.52. The lowest BCUT2D eigenvalue weighted by Crippen LogP contribution is -2.40. The monoisotopic (exact) mass is 517 g/mol. The molecule has 0 saturated heterocycles. The summed E-state index contributed by atoms with van der Waals surface area (Å²) < 4.78 is 72.0. The van der Waals surface area contributed by atoms with Gasteiger partial charge in [0.05, 0.1) is 0 Å². The molecule has 4 N–H and O–H groups in total. The van der Waals surface area contributed by atoms with Crippen LogP contribution in [-0.4, -0.2) is 40.9 Å². The summed E-state index contributed by atoms with van der Waals surface area (Å²) in [4.78, 5) is 33.5. The van der Waals surface area contributed by atoms with Gasteiger partial charge in [-0.15, -0.1) is 0 Å². The molecule has 0 saturated carbocycles. The number of ether oxygens (including phenoxy) is 2. The van der Waals surface area contributed by atoms with Crippen molar-refractivity contribution >= 4 is 39.7 Å². The highest BCUT2D eigenvalue weighted by molar-refractivity contribution is 7.18. The van der Waals surface area contributed by atoms with Crippen molar-refractivity contribution in [3.8, 4) is 11.6 Å². The number of carbonyl (C=O) groups is 2. The third-order valence-corrected chi connectivity index (χ3v) is 5.54. The number of hydrogen-bond donors (Lipinski definition) is 2. The number of rotatable bonds is 10. The number of ketones is 1. The molecule has 1 atom stereocenters. The molecule has 1 unspecified atom stereocenters. The number of nitrogens with two attached hydrogens (primary N) is 2. The van der Waals surface area contributed by atoms with Crippen molar-refractivity contribution in [2.24, 2.45) is 5.73 Å². The van der Waals surface area contributed by atoms with Crippen LogP contribution < -0.4 is 25.8 Å². The molecule has 2 aromatic heterocycles. The van der Waals surface area contributed by atoms with Crippen molar-refractivity contribution < 1.29 is 41.0 Å². The van der Waals surface area contributed by atoms with Crippen LogP contribution >= 0.6 is 11.3 Å². The minimum absolute atomic E-state index is 0.0154. The lowest BCUT2D eigenvalue weighted by atomic mass is 10.1. The standard InChI is InChI=1S/C20H16F5N5O4S/c1-8(17(27)32)30(10-3-4-12(11(21)6-10)33-18(22)23)20-29-16(26)15(35-20)14(31)9-2-5-13(28-7-9)34-19(24)25/h2-8,18-19H,26H2,1H3,(H2,27,32). The zero-order chi connectivity index (χ0) is 25.9. The molecule has 0 aliphatic carbocycles. The maximum atomic E-state index is 14.3. The Morgan fingerprint density at radius 1 is 1.09 bits per heavy atom. The third-order valence-electron chi connectivity index (χ3n) is 4.47. The molecule has 35 heavy (non-hydrogen) atoms. The van der Waals surface area contributed by atoms with E-state index in [4.69, 9.17) is 11.5 Å². The van der Waals surface area contributed by atoms with Gasteiger partial charge in [0.1, 0.15) is 16.7 Å². The van der Waals surface area contributed by atoms with Crippen LogP contribution in [0.15, 0.2) is 36.5 Å². The molecule has 0 aliphatic heterocycles. The Bertz CT molecular complexity index is 1230. The smallest absolute Gasteiger partial charge is 0.388 e. The fourth-order valence-electron chi connectivity index (χ4n) is 2.85. The highest BCUT2D eigenvalue weighted by Crippen LogP contribution is 2.37. The number of amides is 1. The van der Waals surface area contributed by atoms with Crippen molar-refractivity contribution in [1.29, 1.82) is 0 Å². The molecular formula is C20H16F5N5O4S. The van der Waals surface area contributed by atoms with E-state index in [0.717, 1.165) is 40.6 Å². The molecule has 0 bridgehead atoms. The minimum atomic E-state index is -3.26. The van der Waals surface area contributed by atoms with Crippen LogP contribution in [-0.2, 0) is 4.79 Å². The van der Waals surface area contributed by atoms with Gasteiger partial charge in [0.25, 0.3) is 0 Å². The first kappa shape index (κ1) is 25.6. The number of thiazole rings is 1. The number of nitrogens with zero attached hydrogens (tertiary/aromatic N) is 3. The van der Waals surface area contributed by atoms with Crippen LogP contribution in [0.3, 0.4) is 0 Å². The molecule has 0 spiro atoms. The van der Waals surface area contributed by atoms with Gasteiger partial charge in [-0.3, -0.25) is 9.59 Å². The zero-order valence-electron chi connectivity index (χ0n) is 17.6. The third kappa shape index (κ3) is 5.92. The fourth-order valence-corrected chi connectivity index (χ4v) is 3.90. The zero-order valence-corrected chi connectivity index (χ0v) is 18.4. The van der Waals surface area contributed by atoms with Crippen LogP contribution in [0.25, 0.3) is 0 Å². The number of primary amides is 1.